The molecule has 0 aromatic heterocycles. The SMILES string of the molecule is C/C=C\CCCC(=O)NCC(=O)Oc1ccc(/C=C/COC(=O)CCCO[N+](=O)[O-])cc1OC.CC1CCCC1/C=C/CCOc1cccc(Cl)c1. The van der Waals surface area contributed by atoms with E-state index >= 15 is 0 Å². The van der Waals surface area contributed by atoms with Crippen LogP contribution in [0.1, 0.15) is 77.2 Å². The first-order valence-corrected chi connectivity index (χ1v) is 17.9. The quantitative estimate of drug-likeness (QED) is 0.0332. The van der Waals surface area contributed by atoms with Crippen LogP contribution in [-0.2, 0) is 24.0 Å². The van der Waals surface area contributed by atoms with E-state index in [9.17, 15) is 24.5 Å². The van der Waals surface area contributed by atoms with E-state index in [2.05, 4.69) is 29.2 Å². The van der Waals surface area contributed by atoms with Crippen LogP contribution < -0.4 is 19.5 Å². The molecule has 0 heterocycles. The van der Waals surface area contributed by atoms with Crippen molar-refractivity contribution in [3.8, 4) is 17.2 Å². The summed E-state index contributed by atoms with van der Waals surface area (Å²) in [6, 6.07) is 12.4. The number of hydrogen-bond donors (Lipinski definition) is 1. The maximum atomic E-state index is 12.0. The van der Waals surface area contributed by atoms with Crippen LogP contribution in [0.5, 0.6) is 17.2 Å². The number of halogens is 1. The maximum Gasteiger partial charge on any atom is 0.330 e. The summed E-state index contributed by atoms with van der Waals surface area (Å²) in [6.45, 7) is 4.58. The largest absolute Gasteiger partial charge is 0.493 e. The van der Waals surface area contributed by atoms with Gasteiger partial charge in [0.15, 0.2) is 11.5 Å². The predicted octanol–water partition coefficient (Wildman–Crippen LogP) is 8.11. The van der Waals surface area contributed by atoms with E-state index in [-0.39, 0.29) is 44.3 Å². The normalized spacial score (nSPS) is 15.2. The summed E-state index contributed by atoms with van der Waals surface area (Å²) in [5, 5.41) is 12.4. The molecule has 0 aliphatic heterocycles. The number of esters is 2. The summed E-state index contributed by atoms with van der Waals surface area (Å²) in [5.74, 6) is 1.67. The lowest BCUT2D eigenvalue weighted by Gasteiger charge is -2.10. The smallest absolute Gasteiger partial charge is 0.330 e. The number of rotatable bonds is 21. The number of nitrogens with one attached hydrogen (secondary N) is 1. The molecule has 284 valence electrons. The van der Waals surface area contributed by atoms with Gasteiger partial charge in [0, 0.05) is 17.9 Å². The van der Waals surface area contributed by atoms with Gasteiger partial charge in [0.1, 0.15) is 18.9 Å². The van der Waals surface area contributed by atoms with Gasteiger partial charge in [-0.2, -0.15) is 0 Å². The Morgan fingerprint density at radius 2 is 1.81 bits per heavy atom. The number of nitrogens with zero attached hydrogens (tertiary/aromatic N) is 1. The van der Waals surface area contributed by atoms with Gasteiger partial charge in [-0.05, 0) is 92.8 Å². The molecule has 1 amide bonds. The maximum absolute atomic E-state index is 12.0. The highest BCUT2D eigenvalue weighted by atomic mass is 35.5. The number of carbonyl (C=O) groups excluding carboxylic acids is 3. The first-order chi connectivity index (χ1) is 25.1. The van der Waals surface area contributed by atoms with E-state index in [1.807, 2.05) is 43.3 Å². The average molecular weight is 743 g/mol. The first kappa shape index (κ1) is 43.3. The molecule has 1 aliphatic rings. The molecule has 1 N–H and O–H groups in total. The molecular weight excluding hydrogens is 692 g/mol. The summed E-state index contributed by atoms with van der Waals surface area (Å²) >= 11 is 5.89. The van der Waals surface area contributed by atoms with E-state index in [1.165, 1.54) is 26.4 Å². The lowest BCUT2D eigenvalue weighted by atomic mass is 9.97. The van der Waals surface area contributed by atoms with Crippen molar-refractivity contribution in [3.05, 3.63) is 93.5 Å². The Labute approximate surface area is 311 Å². The summed E-state index contributed by atoms with van der Waals surface area (Å²) in [4.78, 5) is 49.5. The van der Waals surface area contributed by atoms with Crippen molar-refractivity contribution < 1.29 is 43.3 Å². The number of ether oxygens (including phenoxy) is 4. The number of carbonyl (C=O) groups is 3. The molecule has 0 spiro atoms. The number of hydrogen-bond acceptors (Lipinski definition) is 10. The number of allylic oxidation sites excluding steroid dienone is 3. The number of amides is 1. The summed E-state index contributed by atoms with van der Waals surface area (Å²) in [5.41, 5.74) is 0.710. The fraction of sp³-hybridized carbons (Fsp3) is 0.462. The Morgan fingerprint density at radius 1 is 0.981 bits per heavy atom. The molecule has 1 fully saturated rings. The molecule has 0 bridgehead atoms. The highest BCUT2D eigenvalue weighted by Crippen LogP contribution is 2.32. The highest BCUT2D eigenvalue weighted by Gasteiger charge is 2.20. The Hall–Kier alpha value is -4.84. The molecule has 2 aromatic carbocycles. The van der Waals surface area contributed by atoms with E-state index in [0.717, 1.165) is 42.1 Å². The Balaban J connectivity index is 0.000000432. The predicted molar refractivity (Wildman–Crippen MR) is 200 cm³/mol. The zero-order chi connectivity index (χ0) is 38.0. The van der Waals surface area contributed by atoms with Crippen molar-refractivity contribution in [1.29, 1.82) is 0 Å². The lowest BCUT2D eigenvalue weighted by Crippen LogP contribution is -2.31. The monoisotopic (exact) mass is 742 g/mol. The van der Waals surface area contributed by atoms with Crippen LogP contribution in [0.4, 0.5) is 0 Å². The summed E-state index contributed by atoms with van der Waals surface area (Å²) < 4.78 is 21.2. The summed E-state index contributed by atoms with van der Waals surface area (Å²) in [7, 11) is 1.43. The highest BCUT2D eigenvalue weighted by molar-refractivity contribution is 6.30. The van der Waals surface area contributed by atoms with E-state index in [1.54, 1.807) is 30.4 Å². The van der Waals surface area contributed by atoms with Crippen LogP contribution in [0.3, 0.4) is 0 Å². The Bertz CT molecular complexity index is 1490. The van der Waals surface area contributed by atoms with Gasteiger partial charge >= 0.3 is 11.9 Å². The number of unbranched alkanes of at least 4 members (excludes halogenated alkanes) is 1. The standard InChI is InChI=1S/C23H30N2O9.C16H21ClO/c1-3-4-5-6-10-21(26)24-17-23(28)34-19-13-12-18(16-20(19)31-2)9-7-14-32-22(27)11-8-15-33-25(29)30;1-13-6-4-8-14(13)7-2-3-11-18-16-10-5-9-15(17)12-16/h3-4,7,9,12-13,16H,5-6,8,10-11,14-15,17H2,1-2H3,(H,24,26);2,5,7,9-10,12-14H,3-4,6,8,11H2,1H3/b4-3-,9-7+;7-2+. The van der Waals surface area contributed by atoms with E-state index in [0.29, 0.717) is 24.2 Å². The molecule has 0 saturated heterocycles. The molecule has 3 rings (SSSR count). The van der Waals surface area contributed by atoms with Crippen molar-refractivity contribution in [2.75, 3.05) is 33.5 Å². The lowest BCUT2D eigenvalue weighted by molar-refractivity contribution is -0.757. The van der Waals surface area contributed by atoms with Gasteiger partial charge in [-0.15, -0.1) is 10.1 Å². The minimum Gasteiger partial charge on any atom is -0.493 e. The van der Waals surface area contributed by atoms with Gasteiger partial charge < -0.3 is 29.1 Å². The third-order valence-corrected chi connectivity index (χ3v) is 8.12. The minimum absolute atomic E-state index is 0.00617. The molecule has 2 atom stereocenters. The number of benzene rings is 2. The average Bonchev–Trinajstić information content (AvgIpc) is 3.54. The molecule has 12 nitrogen and oxygen atoms in total. The van der Waals surface area contributed by atoms with E-state index < -0.39 is 17.0 Å². The van der Waals surface area contributed by atoms with Crippen molar-refractivity contribution in [2.45, 2.75) is 71.6 Å². The third kappa shape index (κ3) is 19.5. The van der Waals surface area contributed by atoms with Crippen molar-refractivity contribution in [2.24, 2.45) is 11.8 Å². The van der Waals surface area contributed by atoms with Crippen LogP contribution in [0.2, 0.25) is 5.02 Å². The zero-order valence-electron chi connectivity index (χ0n) is 30.3. The van der Waals surface area contributed by atoms with E-state index in [4.69, 9.17) is 30.5 Å². The fourth-order valence-electron chi connectivity index (χ4n) is 5.12. The fourth-order valence-corrected chi connectivity index (χ4v) is 5.30. The molecule has 2 aromatic rings. The third-order valence-electron chi connectivity index (χ3n) is 7.88. The van der Waals surface area contributed by atoms with Gasteiger partial charge in [-0.25, -0.2) is 4.79 Å². The molecule has 2 unspecified atom stereocenters. The van der Waals surface area contributed by atoms with Crippen molar-refractivity contribution >= 4 is 35.5 Å². The second-order valence-corrected chi connectivity index (χ2v) is 12.4. The molecule has 1 aliphatic carbocycles. The van der Waals surface area contributed by atoms with Crippen LogP contribution >= 0.6 is 11.6 Å². The second-order valence-electron chi connectivity index (χ2n) is 12.0. The minimum atomic E-state index is -0.916. The number of methoxy groups -OCH3 is 1. The Morgan fingerprint density at radius 3 is 2.52 bits per heavy atom. The molecule has 0 radical (unpaired) electrons. The van der Waals surface area contributed by atoms with Crippen LogP contribution in [0.15, 0.2) is 72.8 Å². The van der Waals surface area contributed by atoms with Gasteiger partial charge in [-0.3, -0.25) is 9.59 Å². The van der Waals surface area contributed by atoms with Gasteiger partial charge in [0.2, 0.25) is 5.91 Å². The zero-order valence-corrected chi connectivity index (χ0v) is 31.0. The molecule has 1 saturated carbocycles. The van der Waals surface area contributed by atoms with Crippen molar-refractivity contribution in [1.82, 2.24) is 5.32 Å². The van der Waals surface area contributed by atoms with Crippen LogP contribution in [0, 0.1) is 22.0 Å². The summed E-state index contributed by atoms with van der Waals surface area (Å²) in [6.07, 6.45) is 18.9. The molecule has 52 heavy (non-hydrogen) atoms. The molecular formula is C39H51ClN2O10. The molecule has 13 heteroatoms. The van der Waals surface area contributed by atoms with Gasteiger partial charge in [-0.1, -0.05) is 73.9 Å². The first-order valence-electron chi connectivity index (χ1n) is 17.5. The van der Waals surface area contributed by atoms with Crippen LogP contribution in [0.25, 0.3) is 6.08 Å². The van der Waals surface area contributed by atoms with Gasteiger partial charge in [0.25, 0.3) is 5.09 Å². The van der Waals surface area contributed by atoms with Crippen LogP contribution in [-0.4, -0.2) is 56.4 Å². The second kappa shape index (κ2) is 26.0. The van der Waals surface area contributed by atoms with Crippen molar-refractivity contribution in [3.63, 3.8) is 0 Å². The topological polar surface area (TPSA) is 153 Å². The van der Waals surface area contributed by atoms with Gasteiger partial charge in [0.05, 0.1) is 20.3 Å². The Kier molecular flexibility index (Phi) is 21.7.